The summed E-state index contributed by atoms with van der Waals surface area (Å²) in [7, 11) is 3.31. The van der Waals surface area contributed by atoms with Crippen LogP contribution in [0, 0.1) is 27.7 Å². The second-order valence-corrected chi connectivity index (χ2v) is 15.5. The predicted octanol–water partition coefficient (Wildman–Crippen LogP) is 9.10. The number of aryl methyl sites for hydroxylation is 6. The fourth-order valence-electron chi connectivity index (χ4n) is 8.22. The number of halogens is 2. The Balaban J connectivity index is 1.35. The number of hydrogen-bond acceptors (Lipinski definition) is 8. The molecule has 1 aliphatic heterocycles. The molecule has 0 radical (unpaired) electrons. The van der Waals surface area contributed by atoms with Crippen molar-refractivity contribution in [2.24, 2.45) is 7.05 Å². The molecule has 1 amide bonds. The minimum Gasteiger partial charge on any atom is -0.494 e. The number of anilines is 1. The van der Waals surface area contributed by atoms with Crippen LogP contribution in [0.15, 0.2) is 48.8 Å². The van der Waals surface area contributed by atoms with Crippen molar-refractivity contribution < 1.29 is 33.6 Å². The van der Waals surface area contributed by atoms with Crippen LogP contribution in [0.1, 0.15) is 68.4 Å². The van der Waals surface area contributed by atoms with E-state index in [2.05, 4.69) is 14.5 Å². The number of carbonyl (C=O) groups excluding carboxylic acids is 1. The Bertz CT molecular complexity index is 2520. The third-order valence-corrected chi connectivity index (χ3v) is 11.7. The van der Waals surface area contributed by atoms with Crippen LogP contribution in [0.2, 0.25) is 10.0 Å². The molecule has 0 spiro atoms. The predicted molar refractivity (Wildman–Crippen MR) is 227 cm³/mol. The second-order valence-electron chi connectivity index (χ2n) is 14.7. The summed E-state index contributed by atoms with van der Waals surface area (Å²) in [6, 6.07) is 12.8. The van der Waals surface area contributed by atoms with Gasteiger partial charge in [0.25, 0.3) is 5.91 Å². The van der Waals surface area contributed by atoms with Crippen LogP contribution in [-0.4, -0.2) is 82.8 Å². The Morgan fingerprint density at radius 2 is 1.57 bits per heavy atom. The van der Waals surface area contributed by atoms with E-state index < -0.39 is 5.97 Å². The van der Waals surface area contributed by atoms with Crippen LogP contribution in [0.4, 0.5) is 5.69 Å². The van der Waals surface area contributed by atoms with E-state index in [1.165, 1.54) is 6.33 Å². The zero-order valence-electron chi connectivity index (χ0n) is 33.7. The van der Waals surface area contributed by atoms with Crippen molar-refractivity contribution in [3.8, 4) is 22.6 Å². The van der Waals surface area contributed by atoms with Gasteiger partial charge in [-0.15, -0.1) is 0 Å². The molecule has 58 heavy (non-hydrogen) atoms. The van der Waals surface area contributed by atoms with E-state index in [1.807, 2.05) is 65.0 Å². The highest BCUT2D eigenvalue weighted by Gasteiger charge is 2.39. The van der Waals surface area contributed by atoms with Crippen LogP contribution < -0.4 is 14.4 Å². The topological polar surface area (TPSA) is 130 Å². The number of aromatic carboxylic acids is 1. The molecule has 0 bridgehead atoms. The van der Waals surface area contributed by atoms with Gasteiger partial charge in [-0.1, -0.05) is 29.3 Å². The van der Waals surface area contributed by atoms with Gasteiger partial charge in [-0.3, -0.25) is 4.79 Å². The molecule has 1 atom stereocenters. The van der Waals surface area contributed by atoms with E-state index in [1.54, 1.807) is 35.8 Å². The third-order valence-electron chi connectivity index (χ3n) is 10.8. The van der Waals surface area contributed by atoms with E-state index >= 15 is 4.79 Å². The zero-order valence-corrected chi connectivity index (χ0v) is 35.3. The smallest absolute Gasteiger partial charge is 0.354 e. The Morgan fingerprint density at radius 1 is 0.879 bits per heavy atom. The quantitative estimate of drug-likeness (QED) is 0.101. The average Bonchev–Trinajstić information content (AvgIpc) is 3.67. The summed E-state index contributed by atoms with van der Waals surface area (Å²) in [4.78, 5) is 39.0. The van der Waals surface area contributed by atoms with Gasteiger partial charge in [0.05, 0.1) is 48.2 Å². The molecule has 0 aliphatic carbocycles. The van der Waals surface area contributed by atoms with Crippen molar-refractivity contribution in [3.05, 3.63) is 98.3 Å². The number of amides is 1. The van der Waals surface area contributed by atoms with Crippen LogP contribution in [0.3, 0.4) is 0 Å². The SMILES string of the molecule is COCCOCCOc1ccc2c(c1)c(N1C[C@@H](C)n3c(c(CCCOc4cc(C)c(Cl)c(C)c4)c4ccc(Cl)c(-c5c(C)ncnc5C)c43)C1=O)c(C(=O)O)n2C. The van der Waals surface area contributed by atoms with Crippen molar-refractivity contribution in [2.45, 2.75) is 53.5 Å². The van der Waals surface area contributed by atoms with E-state index in [0.29, 0.717) is 77.3 Å². The maximum absolute atomic E-state index is 15.3. The third kappa shape index (κ3) is 7.50. The number of benzene rings is 3. The maximum atomic E-state index is 15.3. The molecule has 6 aromatic rings. The highest BCUT2D eigenvalue weighted by atomic mass is 35.5. The van der Waals surface area contributed by atoms with Gasteiger partial charge in [0, 0.05) is 65.1 Å². The Labute approximate surface area is 347 Å². The first-order chi connectivity index (χ1) is 27.8. The summed E-state index contributed by atoms with van der Waals surface area (Å²) in [5.74, 6) is -0.215. The molecule has 12 nitrogen and oxygen atoms in total. The van der Waals surface area contributed by atoms with Crippen molar-refractivity contribution in [1.29, 1.82) is 0 Å². The number of carbonyl (C=O) groups is 2. The summed E-state index contributed by atoms with van der Waals surface area (Å²) >= 11 is 13.5. The number of hydrogen-bond donors (Lipinski definition) is 1. The van der Waals surface area contributed by atoms with Crippen molar-refractivity contribution in [1.82, 2.24) is 19.1 Å². The summed E-state index contributed by atoms with van der Waals surface area (Å²) in [5, 5.41) is 13.4. The number of methoxy groups -OCH3 is 1. The largest absolute Gasteiger partial charge is 0.494 e. The number of carboxylic acid groups (broad SMARTS) is 1. The molecule has 3 aromatic heterocycles. The molecule has 4 heterocycles. The number of nitrogens with zero attached hydrogens (tertiary/aromatic N) is 5. The molecule has 0 saturated heterocycles. The summed E-state index contributed by atoms with van der Waals surface area (Å²) in [5.41, 5.74) is 8.01. The lowest BCUT2D eigenvalue weighted by Gasteiger charge is -2.34. The number of rotatable bonds is 15. The normalized spacial score (nSPS) is 14.1. The number of fused-ring (bicyclic) bond motifs is 4. The van der Waals surface area contributed by atoms with Crippen LogP contribution in [0.25, 0.3) is 32.9 Å². The lowest BCUT2D eigenvalue weighted by molar-refractivity contribution is 0.0544. The van der Waals surface area contributed by atoms with E-state index in [-0.39, 0.29) is 30.8 Å². The molecule has 7 rings (SSSR count). The van der Waals surface area contributed by atoms with E-state index in [4.69, 9.17) is 42.1 Å². The lowest BCUT2D eigenvalue weighted by Crippen LogP contribution is -2.43. The lowest BCUT2D eigenvalue weighted by atomic mass is 9.97. The van der Waals surface area contributed by atoms with Crippen molar-refractivity contribution in [2.75, 3.05) is 51.6 Å². The molecule has 1 N–H and O–H groups in total. The van der Waals surface area contributed by atoms with Gasteiger partial charge in [0.15, 0.2) is 5.69 Å². The maximum Gasteiger partial charge on any atom is 0.354 e. The van der Waals surface area contributed by atoms with Gasteiger partial charge >= 0.3 is 5.97 Å². The van der Waals surface area contributed by atoms with Gasteiger partial charge in [-0.25, -0.2) is 14.8 Å². The van der Waals surface area contributed by atoms with Crippen LogP contribution in [-0.2, 0) is 22.9 Å². The van der Waals surface area contributed by atoms with Gasteiger partial charge in [0.1, 0.15) is 30.1 Å². The minimum atomic E-state index is -1.15. The molecule has 0 fully saturated rings. The molecular formula is C44H47Cl2N5O7. The second kappa shape index (κ2) is 17.0. The molecule has 14 heteroatoms. The van der Waals surface area contributed by atoms with Crippen LogP contribution in [0.5, 0.6) is 11.5 Å². The summed E-state index contributed by atoms with van der Waals surface area (Å²) in [6.07, 6.45) is 2.61. The molecule has 1 aliphatic rings. The standard InChI is InChI=1S/C44H47Cl2N5O7/c1-24-19-30(20-25(2)38(24)46)57-14-8-9-31-32-11-12-34(45)37(36-27(4)47-23-48-28(36)5)39(32)51-26(3)22-50(43(52)41(31)51)40-33-21-29(58-18-17-56-16-15-55-7)10-13-35(33)49(6)42(40)44(53)54/h10-13,19-21,23,26H,8-9,14-18,22H2,1-7H3,(H,53,54)/t26-/m1/s1. The van der Waals surface area contributed by atoms with Gasteiger partial charge in [-0.05, 0) is 101 Å². The van der Waals surface area contributed by atoms with Crippen molar-refractivity contribution in [3.63, 3.8) is 0 Å². The molecule has 3 aromatic carbocycles. The Hall–Kier alpha value is -5.14. The van der Waals surface area contributed by atoms with E-state index in [9.17, 15) is 9.90 Å². The minimum absolute atomic E-state index is 0.0000730. The summed E-state index contributed by atoms with van der Waals surface area (Å²) in [6.45, 7) is 11.9. The highest BCUT2D eigenvalue weighted by molar-refractivity contribution is 6.35. The van der Waals surface area contributed by atoms with Crippen molar-refractivity contribution >= 4 is 62.6 Å². The van der Waals surface area contributed by atoms with Gasteiger partial charge in [0.2, 0.25) is 0 Å². The number of ether oxygens (including phenoxy) is 4. The Morgan fingerprint density at radius 3 is 2.26 bits per heavy atom. The molecular weight excluding hydrogens is 781 g/mol. The fourth-order valence-corrected chi connectivity index (χ4v) is 8.57. The zero-order chi connectivity index (χ0) is 41.4. The number of carboxylic acids is 1. The highest BCUT2D eigenvalue weighted by Crippen LogP contribution is 2.46. The summed E-state index contributed by atoms with van der Waals surface area (Å²) < 4.78 is 26.6. The van der Waals surface area contributed by atoms with E-state index in [0.717, 1.165) is 55.9 Å². The first-order valence-electron chi connectivity index (χ1n) is 19.2. The fraction of sp³-hybridized carbons (Fsp3) is 0.364. The van der Waals surface area contributed by atoms with Gasteiger partial charge < -0.3 is 38.1 Å². The monoisotopic (exact) mass is 827 g/mol. The number of aromatic nitrogens is 4. The first-order valence-corrected chi connectivity index (χ1v) is 20.0. The molecule has 0 saturated carbocycles. The van der Waals surface area contributed by atoms with Crippen LogP contribution >= 0.6 is 23.2 Å². The van der Waals surface area contributed by atoms with Gasteiger partial charge in [-0.2, -0.15) is 0 Å². The first kappa shape index (κ1) is 41.0. The molecule has 304 valence electrons. The average molecular weight is 829 g/mol. The molecule has 0 unspecified atom stereocenters. The Kier molecular flexibility index (Phi) is 12.0.